The second-order valence-electron chi connectivity index (χ2n) is 10.1. The zero-order valence-electron chi connectivity index (χ0n) is 21.4. The number of rotatable bonds is 6. The molecule has 0 unspecified atom stereocenters. The minimum Gasteiger partial charge on any atom is -0.378 e. The molecule has 0 aromatic carbocycles. The van der Waals surface area contributed by atoms with Crippen molar-refractivity contribution < 1.29 is 13.5 Å². The third-order valence-corrected chi connectivity index (χ3v) is 7.32. The number of ether oxygens (including phenoxy) is 1. The van der Waals surface area contributed by atoms with Crippen LogP contribution in [0.5, 0.6) is 0 Å². The molecule has 12 heteroatoms. The molecule has 2 saturated heterocycles. The van der Waals surface area contributed by atoms with Crippen molar-refractivity contribution in [3.05, 3.63) is 30.2 Å². The van der Waals surface area contributed by atoms with Gasteiger partial charge in [-0.15, -0.1) is 5.10 Å². The van der Waals surface area contributed by atoms with Crippen LogP contribution in [0, 0.1) is 6.92 Å². The molecule has 6 rings (SSSR count). The Morgan fingerprint density at radius 3 is 2.62 bits per heavy atom. The van der Waals surface area contributed by atoms with Crippen molar-refractivity contribution in [3.8, 4) is 11.3 Å². The molecule has 10 nitrogen and oxygen atoms in total. The molecule has 6 heterocycles. The lowest BCUT2D eigenvalue weighted by Gasteiger charge is -2.44. The molecule has 0 saturated carbocycles. The predicted molar refractivity (Wildman–Crippen MR) is 137 cm³/mol. The minimum absolute atomic E-state index is 0.0875. The highest BCUT2D eigenvalue weighted by molar-refractivity contribution is 5.89. The predicted octanol–water partition coefficient (Wildman–Crippen LogP) is 3.59. The van der Waals surface area contributed by atoms with Crippen LogP contribution >= 0.6 is 0 Å². The summed E-state index contributed by atoms with van der Waals surface area (Å²) in [5.74, 6) is -1.32. The van der Waals surface area contributed by atoms with E-state index in [2.05, 4.69) is 44.1 Å². The first-order chi connectivity index (χ1) is 17.7. The molecule has 1 atom stereocenters. The molecule has 2 aliphatic heterocycles. The quantitative estimate of drug-likeness (QED) is 0.405. The van der Waals surface area contributed by atoms with Crippen LogP contribution in [0.4, 0.5) is 20.5 Å². The van der Waals surface area contributed by atoms with Gasteiger partial charge in [-0.25, -0.2) is 23.3 Å². The van der Waals surface area contributed by atoms with Crippen LogP contribution in [0.15, 0.2) is 24.4 Å². The van der Waals surface area contributed by atoms with E-state index in [-0.39, 0.29) is 24.6 Å². The fourth-order valence-electron chi connectivity index (χ4n) is 5.37. The van der Waals surface area contributed by atoms with Gasteiger partial charge >= 0.3 is 0 Å². The average Bonchev–Trinajstić information content (AvgIpc) is 3.38. The van der Waals surface area contributed by atoms with Gasteiger partial charge in [-0.3, -0.25) is 4.90 Å². The first kappa shape index (κ1) is 24.0. The zero-order chi connectivity index (χ0) is 25.9. The third-order valence-electron chi connectivity index (χ3n) is 7.32. The molecule has 4 aromatic rings. The normalized spacial score (nSPS) is 20.6. The summed E-state index contributed by atoms with van der Waals surface area (Å²) in [6, 6.07) is 5.07. The third kappa shape index (κ3) is 4.08. The van der Waals surface area contributed by atoms with Gasteiger partial charge < -0.3 is 19.9 Å². The van der Waals surface area contributed by atoms with Crippen molar-refractivity contribution in [2.75, 3.05) is 44.0 Å². The van der Waals surface area contributed by atoms with E-state index in [1.54, 1.807) is 17.8 Å². The molecule has 2 aliphatic rings. The summed E-state index contributed by atoms with van der Waals surface area (Å²) in [6.07, 6.45) is 2.09. The molecule has 0 bridgehead atoms. The Morgan fingerprint density at radius 2 is 1.95 bits per heavy atom. The van der Waals surface area contributed by atoms with Gasteiger partial charge in [-0.1, -0.05) is 0 Å². The molecule has 37 heavy (non-hydrogen) atoms. The van der Waals surface area contributed by atoms with Crippen LogP contribution in [-0.4, -0.2) is 85.4 Å². The van der Waals surface area contributed by atoms with Gasteiger partial charge in [0.05, 0.1) is 37.5 Å². The highest BCUT2D eigenvalue weighted by Crippen LogP contribution is 2.34. The SMILES string of the molecule is CNc1nc(N[C@@H]2CCN(C3COC3)CC2(F)F)nn2ccc(-c3ccc4nc(C)n(C(C)C)c4n3)c12. The number of anilines is 2. The Bertz CT molecular complexity index is 1460. The zero-order valence-corrected chi connectivity index (χ0v) is 21.4. The first-order valence-corrected chi connectivity index (χ1v) is 12.6. The maximum atomic E-state index is 15.0. The number of nitrogens with one attached hydrogen (secondary N) is 2. The highest BCUT2D eigenvalue weighted by Gasteiger charge is 2.47. The monoisotopic (exact) mass is 511 g/mol. The number of aryl methyl sites for hydroxylation is 1. The Labute approximate surface area is 213 Å². The van der Waals surface area contributed by atoms with Crippen LogP contribution in [-0.2, 0) is 4.74 Å². The summed E-state index contributed by atoms with van der Waals surface area (Å²) in [5, 5.41) is 10.5. The molecule has 0 amide bonds. The van der Waals surface area contributed by atoms with Gasteiger partial charge in [-0.2, -0.15) is 4.98 Å². The second-order valence-corrected chi connectivity index (χ2v) is 10.1. The Balaban J connectivity index is 1.32. The fraction of sp³-hybridized carbons (Fsp3) is 0.520. The van der Waals surface area contributed by atoms with Crippen LogP contribution in [0.1, 0.15) is 32.1 Å². The van der Waals surface area contributed by atoms with E-state index < -0.39 is 12.0 Å². The fourth-order valence-corrected chi connectivity index (χ4v) is 5.37. The number of fused-ring (bicyclic) bond motifs is 2. The van der Waals surface area contributed by atoms with E-state index >= 15 is 8.78 Å². The van der Waals surface area contributed by atoms with Crippen molar-refractivity contribution in [2.24, 2.45) is 0 Å². The summed E-state index contributed by atoms with van der Waals surface area (Å²) in [4.78, 5) is 15.9. The molecular weight excluding hydrogens is 480 g/mol. The van der Waals surface area contributed by atoms with Crippen molar-refractivity contribution >= 4 is 28.4 Å². The summed E-state index contributed by atoms with van der Waals surface area (Å²) in [5.41, 5.74) is 3.98. The number of hydrogen-bond donors (Lipinski definition) is 2. The number of nitrogens with zero attached hydrogens (tertiary/aromatic N) is 7. The lowest BCUT2D eigenvalue weighted by atomic mass is 9.98. The molecule has 0 spiro atoms. The second kappa shape index (κ2) is 8.88. The lowest BCUT2D eigenvalue weighted by molar-refractivity contribution is -0.131. The maximum absolute atomic E-state index is 15.0. The Kier molecular flexibility index (Phi) is 5.75. The summed E-state index contributed by atoms with van der Waals surface area (Å²) >= 11 is 0. The molecule has 0 aliphatic carbocycles. The van der Waals surface area contributed by atoms with Crippen molar-refractivity contribution in [1.82, 2.24) is 34.0 Å². The van der Waals surface area contributed by atoms with Crippen molar-refractivity contribution in [2.45, 2.75) is 51.2 Å². The molecule has 2 fully saturated rings. The summed E-state index contributed by atoms with van der Waals surface area (Å²) in [6.45, 7) is 7.52. The number of pyridine rings is 1. The molecule has 2 N–H and O–H groups in total. The van der Waals surface area contributed by atoms with Crippen molar-refractivity contribution in [1.29, 1.82) is 0 Å². The Morgan fingerprint density at radius 1 is 1.14 bits per heavy atom. The minimum atomic E-state index is -2.91. The van der Waals surface area contributed by atoms with Gasteiger partial charge in [0.25, 0.3) is 5.92 Å². The average molecular weight is 512 g/mol. The van der Waals surface area contributed by atoms with Crippen LogP contribution in [0.25, 0.3) is 27.9 Å². The lowest BCUT2D eigenvalue weighted by Crippen LogP contribution is -2.61. The number of halogens is 2. The number of hydrogen-bond acceptors (Lipinski definition) is 8. The number of aromatic nitrogens is 6. The summed E-state index contributed by atoms with van der Waals surface area (Å²) in [7, 11) is 1.75. The van der Waals surface area contributed by atoms with Crippen LogP contribution in [0.3, 0.4) is 0 Å². The van der Waals surface area contributed by atoms with Crippen molar-refractivity contribution in [3.63, 3.8) is 0 Å². The van der Waals surface area contributed by atoms with Gasteiger partial charge in [0.2, 0.25) is 5.95 Å². The number of likely N-dealkylation sites (tertiary alicyclic amines) is 1. The smallest absolute Gasteiger partial charge is 0.280 e. The number of imidazole rings is 1. The van der Waals surface area contributed by atoms with E-state index in [9.17, 15) is 0 Å². The van der Waals surface area contributed by atoms with Crippen LogP contribution < -0.4 is 10.6 Å². The Hall–Kier alpha value is -3.38. The van der Waals surface area contributed by atoms with Gasteiger partial charge in [-0.05, 0) is 45.4 Å². The van der Waals surface area contributed by atoms with E-state index in [0.29, 0.717) is 32.0 Å². The number of alkyl halides is 2. The maximum Gasteiger partial charge on any atom is 0.280 e. The van der Waals surface area contributed by atoms with Gasteiger partial charge in [0.15, 0.2) is 11.5 Å². The number of piperidine rings is 1. The van der Waals surface area contributed by atoms with E-state index in [0.717, 1.165) is 33.8 Å². The molecule has 4 aromatic heterocycles. The largest absolute Gasteiger partial charge is 0.378 e. The molecular formula is C25H31F2N9O. The van der Waals surface area contributed by atoms with E-state index in [1.807, 2.05) is 30.0 Å². The van der Waals surface area contributed by atoms with Gasteiger partial charge in [0.1, 0.15) is 16.9 Å². The molecule has 196 valence electrons. The first-order valence-electron chi connectivity index (χ1n) is 12.6. The van der Waals surface area contributed by atoms with E-state index in [1.165, 1.54) is 0 Å². The standard InChI is InChI=1S/C25H31F2N9O/c1-14(2)36-15(3)29-19-6-5-18(30-23(19)36)17-7-10-35-21(17)22(28-4)32-24(33-35)31-20-8-9-34(13-25(20,26)27)16-11-37-12-16/h5-7,10,14,16,20H,8-9,11-13H2,1-4H3,(H2,28,31,32,33)/t20-/m1/s1. The molecule has 0 radical (unpaired) electrons. The van der Waals surface area contributed by atoms with E-state index in [4.69, 9.17) is 9.72 Å². The topological polar surface area (TPSA) is 97.4 Å². The van der Waals surface area contributed by atoms with Gasteiger partial charge in [0, 0.05) is 31.4 Å². The summed E-state index contributed by atoms with van der Waals surface area (Å²) < 4.78 is 39.0. The van der Waals surface area contributed by atoms with Crippen LogP contribution in [0.2, 0.25) is 0 Å². The highest BCUT2D eigenvalue weighted by atomic mass is 19.3.